The van der Waals surface area contributed by atoms with Crippen molar-refractivity contribution >= 4 is 5.97 Å². The van der Waals surface area contributed by atoms with E-state index in [2.05, 4.69) is 0 Å². The highest BCUT2D eigenvalue weighted by Crippen LogP contribution is 2.34. The molecule has 1 aromatic rings. The molecule has 0 saturated heterocycles. The molecule has 0 aliphatic carbocycles. The Hall–Kier alpha value is -1.39. The number of hydrogen-bond acceptors (Lipinski definition) is 3. The van der Waals surface area contributed by atoms with Gasteiger partial charge in [-0.2, -0.15) is 0 Å². The average molecular weight is 222 g/mol. The molecular weight excluding hydrogens is 208 g/mol. The normalized spacial score (nSPS) is 23.2. The van der Waals surface area contributed by atoms with Crippen molar-refractivity contribution in [2.75, 3.05) is 6.61 Å². The van der Waals surface area contributed by atoms with Gasteiger partial charge in [-0.25, -0.2) is 4.79 Å². The van der Waals surface area contributed by atoms with Crippen LogP contribution in [0, 0.1) is 0 Å². The quantitative estimate of drug-likeness (QED) is 0.787. The number of rotatable bonds is 2. The third-order valence-corrected chi connectivity index (χ3v) is 3.08. The summed E-state index contributed by atoms with van der Waals surface area (Å²) >= 11 is 0. The maximum Gasteiger partial charge on any atom is 0.336 e. The predicted molar refractivity (Wildman–Crippen MR) is 57.1 cm³/mol. The van der Waals surface area contributed by atoms with Crippen molar-refractivity contribution in [3.63, 3.8) is 0 Å². The van der Waals surface area contributed by atoms with Gasteiger partial charge < -0.3 is 14.9 Å². The summed E-state index contributed by atoms with van der Waals surface area (Å²) in [5.74, 6) is -1.74. The second-order valence-electron chi connectivity index (χ2n) is 4.22. The van der Waals surface area contributed by atoms with E-state index in [0.717, 1.165) is 11.1 Å². The molecule has 16 heavy (non-hydrogen) atoms. The molecule has 4 nitrogen and oxygen atoms in total. The van der Waals surface area contributed by atoms with E-state index in [4.69, 9.17) is 9.84 Å². The van der Waals surface area contributed by atoms with E-state index in [0.29, 0.717) is 6.61 Å². The third-order valence-electron chi connectivity index (χ3n) is 3.08. The zero-order valence-corrected chi connectivity index (χ0v) is 9.01. The average Bonchev–Trinajstić information content (AvgIpc) is 2.28. The zero-order valence-electron chi connectivity index (χ0n) is 9.01. The van der Waals surface area contributed by atoms with E-state index < -0.39 is 17.5 Å². The molecule has 0 saturated carbocycles. The molecule has 0 aromatic heterocycles. The van der Waals surface area contributed by atoms with Crippen molar-refractivity contribution in [3.05, 3.63) is 35.4 Å². The number of aliphatic hydroxyl groups is 1. The van der Waals surface area contributed by atoms with Crippen molar-refractivity contribution in [2.24, 2.45) is 0 Å². The Morgan fingerprint density at radius 1 is 1.50 bits per heavy atom. The van der Waals surface area contributed by atoms with Crippen LogP contribution in [0.4, 0.5) is 0 Å². The Morgan fingerprint density at radius 2 is 2.19 bits per heavy atom. The topological polar surface area (TPSA) is 66.8 Å². The van der Waals surface area contributed by atoms with Crippen LogP contribution in [0.2, 0.25) is 0 Å². The van der Waals surface area contributed by atoms with Gasteiger partial charge in [0.2, 0.25) is 0 Å². The molecule has 0 bridgehead atoms. The number of benzene rings is 1. The first-order valence-electron chi connectivity index (χ1n) is 5.15. The predicted octanol–water partition coefficient (Wildman–Crippen LogP) is 1.14. The van der Waals surface area contributed by atoms with Crippen molar-refractivity contribution < 1.29 is 19.7 Å². The van der Waals surface area contributed by atoms with Gasteiger partial charge in [-0.15, -0.1) is 0 Å². The van der Waals surface area contributed by atoms with E-state index in [1.807, 2.05) is 24.3 Å². The smallest absolute Gasteiger partial charge is 0.336 e. The van der Waals surface area contributed by atoms with Crippen LogP contribution in [0.5, 0.6) is 0 Å². The first kappa shape index (κ1) is 11.1. The van der Waals surface area contributed by atoms with Crippen LogP contribution in [0.25, 0.3) is 0 Å². The Labute approximate surface area is 93.5 Å². The fraction of sp³-hybridized carbons (Fsp3) is 0.417. The Balaban J connectivity index is 2.42. The van der Waals surface area contributed by atoms with Crippen LogP contribution in [-0.2, 0) is 16.1 Å². The number of aliphatic carboxylic acids is 1. The van der Waals surface area contributed by atoms with E-state index >= 15 is 0 Å². The van der Waals surface area contributed by atoms with Gasteiger partial charge in [-0.3, -0.25) is 0 Å². The number of carboxylic acids is 1. The highest BCUT2D eigenvalue weighted by Gasteiger charge is 2.42. The summed E-state index contributed by atoms with van der Waals surface area (Å²) in [4.78, 5) is 11.0. The minimum absolute atomic E-state index is 0.232. The summed E-state index contributed by atoms with van der Waals surface area (Å²) in [6.45, 7) is 2.02. The molecule has 0 fully saturated rings. The lowest BCUT2D eigenvalue weighted by Gasteiger charge is -2.33. The SMILES string of the molecule is CC(O)(C(=O)O)C1COCc2ccccc21. The maximum atomic E-state index is 11.0. The van der Waals surface area contributed by atoms with Crippen molar-refractivity contribution in [3.8, 4) is 0 Å². The standard InChI is InChI=1S/C12H14O4/c1-12(15,11(13)14)10-7-16-6-8-4-2-3-5-9(8)10/h2-5,10,15H,6-7H2,1H3,(H,13,14). The van der Waals surface area contributed by atoms with Crippen LogP contribution in [0.3, 0.4) is 0 Å². The molecule has 1 aliphatic heterocycles. The summed E-state index contributed by atoms with van der Waals surface area (Å²) < 4.78 is 5.32. The summed E-state index contributed by atoms with van der Waals surface area (Å²) in [6.07, 6.45) is 0. The molecule has 2 N–H and O–H groups in total. The van der Waals surface area contributed by atoms with E-state index in [9.17, 15) is 9.90 Å². The lowest BCUT2D eigenvalue weighted by Crippen LogP contribution is -2.44. The summed E-state index contributed by atoms with van der Waals surface area (Å²) in [7, 11) is 0. The van der Waals surface area contributed by atoms with Gasteiger partial charge in [0.15, 0.2) is 5.60 Å². The fourth-order valence-corrected chi connectivity index (χ4v) is 2.00. The van der Waals surface area contributed by atoms with E-state index in [1.165, 1.54) is 6.92 Å². The number of carbonyl (C=O) groups is 1. The highest BCUT2D eigenvalue weighted by atomic mass is 16.5. The molecule has 4 heteroatoms. The monoisotopic (exact) mass is 222 g/mol. The zero-order chi connectivity index (χ0) is 11.8. The van der Waals surface area contributed by atoms with Gasteiger partial charge >= 0.3 is 5.97 Å². The second-order valence-corrected chi connectivity index (χ2v) is 4.22. The molecule has 2 atom stereocenters. The van der Waals surface area contributed by atoms with Crippen molar-refractivity contribution in [1.29, 1.82) is 0 Å². The largest absolute Gasteiger partial charge is 0.479 e. The number of carboxylic acid groups (broad SMARTS) is 1. The van der Waals surface area contributed by atoms with E-state index in [-0.39, 0.29) is 6.61 Å². The van der Waals surface area contributed by atoms with Crippen LogP contribution in [-0.4, -0.2) is 28.4 Å². The summed E-state index contributed by atoms with van der Waals surface area (Å²) in [6, 6.07) is 7.45. The molecule has 86 valence electrons. The molecule has 2 rings (SSSR count). The van der Waals surface area contributed by atoms with E-state index in [1.54, 1.807) is 0 Å². The van der Waals surface area contributed by atoms with Gasteiger partial charge in [-0.1, -0.05) is 24.3 Å². The minimum Gasteiger partial charge on any atom is -0.479 e. The number of ether oxygens (including phenoxy) is 1. The molecule has 0 amide bonds. The molecule has 1 heterocycles. The lowest BCUT2D eigenvalue weighted by atomic mass is 9.80. The number of hydrogen-bond donors (Lipinski definition) is 2. The van der Waals surface area contributed by atoms with Gasteiger partial charge in [-0.05, 0) is 18.1 Å². The molecule has 1 aromatic carbocycles. The van der Waals surface area contributed by atoms with Crippen molar-refractivity contribution in [2.45, 2.75) is 25.0 Å². The second kappa shape index (κ2) is 3.88. The molecule has 1 aliphatic rings. The summed E-state index contributed by atoms with van der Waals surface area (Å²) in [5, 5.41) is 19.0. The first-order chi connectivity index (χ1) is 7.53. The van der Waals surface area contributed by atoms with Crippen molar-refractivity contribution in [1.82, 2.24) is 0 Å². The first-order valence-corrected chi connectivity index (χ1v) is 5.15. The summed E-state index contributed by atoms with van der Waals surface area (Å²) in [5.41, 5.74) is 0.0118. The Morgan fingerprint density at radius 3 is 2.88 bits per heavy atom. The van der Waals surface area contributed by atoms with Crippen LogP contribution >= 0.6 is 0 Å². The Bertz CT molecular complexity index is 411. The molecule has 0 spiro atoms. The van der Waals surface area contributed by atoms with Crippen LogP contribution in [0.1, 0.15) is 24.0 Å². The lowest BCUT2D eigenvalue weighted by molar-refractivity contribution is -0.161. The Kier molecular flexibility index (Phi) is 2.69. The van der Waals surface area contributed by atoms with Gasteiger partial charge in [0.25, 0.3) is 0 Å². The van der Waals surface area contributed by atoms with Crippen LogP contribution < -0.4 is 0 Å². The van der Waals surface area contributed by atoms with Gasteiger partial charge in [0.05, 0.1) is 13.2 Å². The maximum absolute atomic E-state index is 11.0. The fourth-order valence-electron chi connectivity index (χ4n) is 2.00. The third kappa shape index (κ3) is 1.70. The van der Waals surface area contributed by atoms with Gasteiger partial charge in [0.1, 0.15) is 0 Å². The minimum atomic E-state index is -1.80. The molecular formula is C12H14O4. The highest BCUT2D eigenvalue weighted by molar-refractivity contribution is 5.78. The van der Waals surface area contributed by atoms with Crippen LogP contribution in [0.15, 0.2) is 24.3 Å². The number of fused-ring (bicyclic) bond motifs is 1. The molecule has 0 radical (unpaired) electrons. The molecule has 2 unspecified atom stereocenters. The van der Waals surface area contributed by atoms with Gasteiger partial charge in [0, 0.05) is 5.92 Å².